The molecule has 4 aromatic rings. The van der Waals surface area contributed by atoms with Gasteiger partial charge in [-0.1, -0.05) is 36.4 Å². The first kappa shape index (κ1) is 20.0. The van der Waals surface area contributed by atoms with Crippen LogP contribution in [0, 0.1) is 0 Å². The van der Waals surface area contributed by atoms with Crippen LogP contribution >= 0.6 is 11.3 Å². The second-order valence-corrected chi connectivity index (χ2v) is 8.15. The van der Waals surface area contributed by atoms with Crippen LogP contribution in [0.2, 0.25) is 0 Å². The molecular formula is C25H19N3O3S. The fourth-order valence-electron chi connectivity index (χ4n) is 3.54. The smallest absolute Gasteiger partial charge is 0.414 e. The van der Waals surface area contributed by atoms with Crippen molar-refractivity contribution in [1.29, 1.82) is 0 Å². The summed E-state index contributed by atoms with van der Waals surface area (Å²) < 4.78 is 6.81. The second kappa shape index (κ2) is 8.64. The van der Waals surface area contributed by atoms with E-state index in [0.29, 0.717) is 24.4 Å². The summed E-state index contributed by atoms with van der Waals surface area (Å²) in [4.78, 5) is 27.3. The monoisotopic (exact) mass is 441 g/mol. The van der Waals surface area contributed by atoms with E-state index in [9.17, 15) is 9.59 Å². The van der Waals surface area contributed by atoms with E-state index in [2.05, 4.69) is 0 Å². The van der Waals surface area contributed by atoms with Crippen molar-refractivity contribution in [2.45, 2.75) is 0 Å². The fourth-order valence-corrected chi connectivity index (χ4v) is 4.27. The number of ketones is 1. The Hall–Kier alpha value is -3.97. The standard InChI is InChI=1S/C25H19N3O3S/c29-22(18-6-4-9-21(16-18)27-13-14-31-25(27)30)12-11-19-17-28(20-7-2-1-3-8-20)26-24(19)23-10-5-15-32-23/h1-12,15-17H,13-14H2/b12-11+. The van der Waals surface area contributed by atoms with Gasteiger partial charge < -0.3 is 4.74 Å². The Kier molecular flexibility index (Phi) is 5.39. The average molecular weight is 442 g/mol. The van der Waals surface area contributed by atoms with E-state index in [1.165, 1.54) is 4.90 Å². The summed E-state index contributed by atoms with van der Waals surface area (Å²) in [6.07, 6.45) is 4.87. The van der Waals surface area contributed by atoms with Crippen molar-refractivity contribution in [2.24, 2.45) is 0 Å². The molecule has 0 N–H and O–H groups in total. The van der Waals surface area contributed by atoms with Crippen molar-refractivity contribution < 1.29 is 14.3 Å². The van der Waals surface area contributed by atoms with E-state index in [-0.39, 0.29) is 11.9 Å². The molecule has 7 heteroatoms. The maximum Gasteiger partial charge on any atom is 0.414 e. The summed E-state index contributed by atoms with van der Waals surface area (Å²) in [5, 5.41) is 6.76. The van der Waals surface area contributed by atoms with Crippen LogP contribution in [0.4, 0.5) is 10.5 Å². The molecule has 6 nitrogen and oxygen atoms in total. The Labute approximate surface area is 189 Å². The average Bonchev–Trinajstić information content (AvgIpc) is 3.59. The molecule has 1 saturated heterocycles. The Morgan fingerprint density at radius 2 is 1.88 bits per heavy atom. The molecule has 2 aromatic carbocycles. The van der Waals surface area contributed by atoms with E-state index in [4.69, 9.17) is 9.84 Å². The minimum absolute atomic E-state index is 0.149. The molecule has 1 fully saturated rings. The highest BCUT2D eigenvalue weighted by Crippen LogP contribution is 2.29. The van der Waals surface area contributed by atoms with Crippen LogP contribution in [0.5, 0.6) is 0 Å². The van der Waals surface area contributed by atoms with Crippen LogP contribution in [0.3, 0.4) is 0 Å². The number of hydrogen-bond acceptors (Lipinski definition) is 5. The molecule has 0 radical (unpaired) electrons. The van der Waals surface area contributed by atoms with E-state index in [1.807, 2.05) is 58.7 Å². The molecule has 1 amide bonds. The number of nitrogens with zero attached hydrogens (tertiary/aromatic N) is 3. The number of cyclic esters (lactones) is 1. The summed E-state index contributed by atoms with van der Waals surface area (Å²) in [5.74, 6) is -0.149. The van der Waals surface area contributed by atoms with Gasteiger partial charge in [0.25, 0.3) is 0 Å². The Morgan fingerprint density at radius 1 is 1.03 bits per heavy atom. The van der Waals surface area contributed by atoms with E-state index in [1.54, 1.807) is 47.8 Å². The maximum atomic E-state index is 12.9. The fraction of sp³-hybridized carbons (Fsp3) is 0.0800. The normalized spacial score (nSPS) is 13.6. The van der Waals surface area contributed by atoms with E-state index in [0.717, 1.165) is 21.8 Å². The van der Waals surface area contributed by atoms with Gasteiger partial charge in [-0.05, 0) is 47.9 Å². The summed E-state index contributed by atoms with van der Waals surface area (Å²) in [6.45, 7) is 0.836. The molecule has 0 spiro atoms. The van der Waals surface area contributed by atoms with Crippen molar-refractivity contribution in [3.05, 3.63) is 95.5 Å². The highest BCUT2D eigenvalue weighted by Gasteiger charge is 2.24. The van der Waals surface area contributed by atoms with Gasteiger partial charge in [0, 0.05) is 23.0 Å². The molecule has 1 aliphatic rings. The molecule has 0 unspecified atom stereocenters. The number of rotatable bonds is 6. The SMILES string of the molecule is O=C(/C=C/c1cn(-c2ccccc2)nc1-c1cccs1)c1cccc(N2CCOC2=O)c1. The highest BCUT2D eigenvalue weighted by molar-refractivity contribution is 7.13. The Balaban J connectivity index is 1.44. The lowest BCUT2D eigenvalue weighted by Crippen LogP contribution is -2.23. The number of carbonyl (C=O) groups is 2. The number of allylic oxidation sites excluding steroid dienone is 1. The summed E-state index contributed by atoms with van der Waals surface area (Å²) in [6, 6.07) is 20.9. The van der Waals surface area contributed by atoms with Gasteiger partial charge in [-0.25, -0.2) is 9.48 Å². The van der Waals surface area contributed by atoms with Gasteiger partial charge in [-0.2, -0.15) is 5.10 Å². The third-order valence-corrected chi connectivity index (χ3v) is 6.01. The molecular weight excluding hydrogens is 422 g/mol. The molecule has 0 saturated carbocycles. The van der Waals surface area contributed by atoms with Gasteiger partial charge in [0.1, 0.15) is 12.3 Å². The first-order valence-corrected chi connectivity index (χ1v) is 11.0. The second-order valence-electron chi connectivity index (χ2n) is 7.20. The molecule has 158 valence electrons. The Bertz CT molecular complexity index is 1290. The summed E-state index contributed by atoms with van der Waals surface area (Å²) in [5.41, 5.74) is 3.78. The third-order valence-electron chi connectivity index (χ3n) is 5.14. The number of aromatic nitrogens is 2. The quantitative estimate of drug-likeness (QED) is 0.295. The highest BCUT2D eigenvalue weighted by atomic mass is 32.1. The molecule has 2 aromatic heterocycles. The minimum atomic E-state index is -0.390. The van der Waals surface area contributed by atoms with Gasteiger partial charge in [0.2, 0.25) is 0 Å². The third kappa shape index (κ3) is 3.98. The number of carbonyl (C=O) groups excluding carboxylic acids is 2. The van der Waals surface area contributed by atoms with Crippen LogP contribution in [-0.4, -0.2) is 34.8 Å². The zero-order valence-corrected chi connectivity index (χ0v) is 17.9. The number of para-hydroxylation sites is 1. The van der Waals surface area contributed by atoms with Crippen molar-refractivity contribution in [2.75, 3.05) is 18.1 Å². The predicted octanol–water partition coefficient (Wildman–Crippen LogP) is 5.45. The number of benzene rings is 2. The lowest BCUT2D eigenvalue weighted by molar-refractivity contribution is 0.104. The minimum Gasteiger partial charge on any atom is -0.447 e. The van der Waals surface area contributed by atoms with Gasteiger partial charge in [0.15, 0.2) is 5.78 Å². The largest absolute Gasteiger partial charge is 0.447 e. The van der Waals surface area contributed by atoms with Crippen molar-refractivity contribution in [1.82, 2.24) is 9.78 Å². The number of hydrogen-bond donors (Lipinski definition) is 0. The van der Waals surface area contributed by atoms with Crippen LogP contribution in [0.25, 0.3) is 22.3 Å². The van der Waals surface area contributed by atoms with E-state index >= 15 is 0 Å². The lowest BCUT2D eigenvalue weighted by Gasteiger charge is -2.13. The summed E-state index contributed by atoms with van der Waals surface area (Å²) in [7, 11) is 0. The van der Waals surface area contributed by atoms with Crippen LogP contribution < -0.4 is 4.90 Å². The van der Waals surface area contributed by atoms with Crippen LogP contribution in [0.15, 0.2) is 84.4 Å². The van der Waals surface area contributed by atoms with Crippen molar-refractivity contribution >= 4 is 35.0 Å². The summed E-state index contributed by atoms with van der Waals surface area (Å²) >= 11 is 1.60. The van der Waals surface area contributed by atoms with Crippen molar-refractivity contribution in [3.8, 4) is 16.3 Å². The molecule has 1 aliphatic heterocycles. The number of anilines is 1. The number of amides is 1. The maximum absolute atomic E-state index is 12.9. The molecule has 0 atom stereocenters. The number of thiophene rings is 1. The zero-order chi connectivity index (χ0) is 21.9. The topological polar surface area (TPSA) is 64.4 Å². The van der Waals surface area contributed by atoms with Gasteiger partial charge in [-0.3, -0.25) is 9.69 Å². The zero-order valence-electron chi connectivity index (χ0n) is 17.0. The van der Waals surface area contributed by atoms with Crippen LogP contribution in [-0.2, 0) is 4.74 Å². The number of ether oxygens (including phenoxy) is 1. The molecule has 5 rings (SSSR count). The van der Waals surface area contributed by atoms with Gasteiger partial charge in [0.05, 0.1) is 17.1 Å². The van der Waals surface area contributed by atoms with Gasteiger partial charge in [-0.15, -0.1) is 11.3 Å². The molecule has 0 aliphatic carbocycles. The lowest BCUT2D eigenvalue weighted by atomic mass is 10.1. The predicted molar refractivity (Wildman–Crippen MR) is 125 cm³/mol. The molecule has 32 heavy (non-hydrogen) atoms. The molecule has 3 heterocycles. The van der Waals surface area contributed by atoms with Gasteiger partial charge >= 0.3 is 6.09 Å². The van der Waals surface area contributed by atoms with Crippen molar-refractivity contribution in [3.63, 3.8) is 0 Å². The Morgan fingerprint density at radius 3 is 2.62 bits per heavy atom. The molecule has 0 bridgehead atoms. The van der Waals surface area contributed by atoms with E-state index < -0.39 is 0 Å². The first-order chi connectivity index (χ1) is 15.7. The van der Waals surface area contributed by atoms with Crippen LogP contribution in [0.1, 0.15) is 15.9 Å². The first-order valence-electron chi connectivity index (χ1n) is 10.1.